The van der Waals surface area contributed by atoms with Gasteiger partial charge in [0.15, 0.2) is 0 Å². The van der Waals surface area contributed by atoms with Gasteiger partial charge in [0.05, 0.1) is 7.11 Å². The first-order valence-electron chi connectivity index (χ1n) is 5.90. The van der Waals surface area contributed by atoms with Gasteiger partial charge in [0.2, 0.25) is 0 Å². The average Bonchev–Trinajstić information content (AvgIpc) is 2.82. The van der Waals surface area contributed by atoms with E-state index >= 15 is 0 Å². The molecule has 1 aliphatic heterocycles. The van der Waals surface area contributed by atoms with Crippen LogP contribution in [0.5, 0.6) is 5.75 Å². The maximum Gasteiger partial charge on any atom is 0.118 e. The molecule has 0 bridgehead atoms. The molecule has 0 amide bonds. The Morgan fingerprint density at radius 3 is 2.69 bits per heavy atom. The summed E-state index contributed by atoms with van der Waals surface area (Å²) in [5.74, 6) is 0.915. The van der Waals surface area contributed by atoms with Gasteiger partial charge in [0.25, 0.3) is 0 Å². The largest absolute Gasteiger partial charge is 0.497 e. The molecule has 0 aromatic heterocycles. The molecule has 2 N–H and O–H groups in total. The molecule has 0 radical (unpaired) electrons. The average molecular weight is 220 g/mol. The van der Waals surface area contributed by atoms with E-state index in [9.17, 15) is 0 Å². The summed E-state index contributed by atoms with van der Waals surface area (Å²) in [5.41, 5.74) is 1.31. The standard InChI is InChI=1S/C13H20N2O/c1-10(15-12-7-8-14-9-12)11-3-5-13(16-2)6-4-11/h3-6,10,12,14-15H,7-9H2,1-2H3/t10-,12?/m0/s1. The van der Waals surface area contributed by atoms with E-state index in [1.807, 2.05) is 12.1 Å². The van der Waals surface area contributed by atoms with Gasteiger partial charge in [-0.15, -0.1) is 0 Å². The van der Waals surface area contributed by atoms with Gasteiger partial charge >= 0.3 is 0 Å². The molecule has 0 aliphatic carbocycles. The number of methoxy groups -OCH3 is 1. The van der Waals surface area contributed by atoms with Crippen LogP contribution >= 0.6 is 0 Å². The maximum atomic E-state index is 5.15. The van der Waals surface area contributed by atoms with Crippen molar-refractivity contribution in [3.8, 4) is 5.75 Å². The van der Waals surface area contributed by atoms with Crippen LogP contribution in [0.15, 0.2) is 24.3 Å². The fraction of sp³-hybridized carbons (Fsp3) is 0.538. The second-order valence-corrected chi connectivity index (χ2v) is 4.35. The van der Waals surface area contributed by atoms with Gasteiger partial charge in [-0.1, -0.05) is 12.1 Å². The monoisotopic (exact) mass is 220 g/mol. The Labute approximate surface area is 97.2 Å². The van der Waals surface area contributed by atoms with Crippen molar-refractivity contribution in [3.63, 3.8) is 0 Å². The van der Waals surface area contributed by atoms with Crippen molar-refractivity contribution >= 4 is 0 Å². The maximum absolute atomic E-state index is 5.15. The Kier molecular flexibility index (Phi) is 3.80. The minimum atomic E-state index is 0.399. The number of hydrogen-bond acceptors (Lipinski definition) is 3. The third-order valence-electron chi connectivity index (χ3n) is 3.16. The molecule has 0 saturated carbocycles. The van der Waals surface area contributed by atoms with E-state index in [2.05, 4.69) is 29.7 Å². The molecule has 3 nitrogen and oxygen atoms in total. The highest BCUT2D eigenvalue weighted by molar-refractivity contribution is 5.28. The van der Waals surface area contributed by atoms with E-state index in [-0.39, 0.29) is 0 Å². The molecule has 1 saturated heterocycles. The molecular formula is C13H20N2O. The molecule has 2 rings (SSSR count). The van der Waals surface area contributed by atoms with E-state index in [1.54, 1.807) is 7.11 Å². The van der Waals surface area contributed by atoms with E-state index in [1.165, 1.54) is 12.0 Å². The third kappa shape index (κ3) is 2.74. The van der Waals surface area contributed by atoms with Gasteiger partial charge in [0, 0.05) is 18.6 Å². The van der Waals surface area contributed by atoms with E-state index in [0.29, 0.717) is 12.1 Å². The van der Waals surface area contributed by atoms with E-state index in [0.717, 1.165) is 18.8 Å². The smallest absolute Gasteiger partial charge is 0.118 e. The molecule has 1 unspecified atom stereocenters. The number of nitrogens with one attached hydrogen (secondary N) is 2. The quantitative estimate of drug-likeness (QED) is 0.810. The Balaban J connectivity index is 1.94. The van der Waals surface area contributed by atoms with Crippen molar-refractivity contribution in [2.75, 3.05) is 20.2 Å². The van der Waals surface area contributed by atoms with Crippen molar-refractivity contribution in [1.29, 1.82) is 0 Å². The number of ether oxygens (including phenoxy) is 1. The first-order valence-corrected chi connectivity index (χ1v) is 5.90. The van der Waals surface area contributed by atoms with Crippen LogP contribution in [0.4, 0.5) is 0 Å². The van der Waals surface area contributed by atoms with Gasteiger partial charge in [0.1, 0.15) is 5.75 Å². The summed E-state index contributed by atoms with van der Waals surface area (Å²) >= 11 is 0. The normalized spacial score (nSPS) is 22.0. The van der Waals surface area contributed by atoms with Gasteiger partial charge in [-0.3, -0.25) is 0 Å². The van der Waals surface area contributed by atoms with Crippen molar-refractivity contribution in [1.82, 2.24) is 10.6 Å². The summed E-state index contributed by atoms with van der Waals surface area (Å²) < 4.78 is 5.15. The number of benzene rings is 1. The fourth-order valence-corrected chi connectivity index (χ4v) is 2.14. The van der Waals surface area contributed by atoms with E-state index in [4.69, 9.17) is 4.74 Å². The molecule has 1 aliphatic rings. The van der Waals surface area contributed by atoms with Crippen LogP contribution in [-0.2, 0) is 0 Å². The lowest BCUT2D eigenvalue weighted by molar-refractivity contribution is 0.414. The lowest BCUT2D eigenvalue weighted by Gasteiger charge is -2.19. The lowest BCUT2D eigenvalue weighted by Crippen LogP contribution is -2.33. The Bertz CT molecular complexity index is 317. The molecule has 88 valence electrons. The molecule has 1 aromatic rings. The molecule has 0 spiro atoms. The van der Waals surface area contributed by atoms with Crippen LogP contribution in [0.2, 0.25) is 0 Å². The van der Waals surface area contributed by atoms with Gasteiger partial charge in [-0.25, -0.2) is 0 Å². The van der Waals surface area contributed by atoms with Gasteiger partial charge < -0.3 is 15.4 Å². The van der Waals surface area contributed by atoms with Crippen LogP contribution in [0.3, 0.4) is 0 Å². The highest BCUT2D eigenvalue weighted by atomic mass is 16.5. The summed E-state index contributed by atoms with van der Waals surface area (Å²) in [5, 5.41) is 6.99. The summed E-state index contributed by atoms with van der Waals surface area (Å²) in [6.07, 6.45) is 1.22. The molecule has 3 heteroatoms. The van der Waals surface area contributed by atoms with E-state index < -0.39 is 0 Å². The van der Waals surface area contributed by atoms with Crippen molar-refractivity contribution in [3.05, 3.63) is 29.8 Å². The molecule has 16 heavy (non-hydrogen) atoms. The fourth-order valence-electron chi connectivity index (χ4n) is 2.14. The zero-order chi connectivity index (χ0) is 11.4. The highest BCUT2D eigenvalue weighted by Gasteiger charge is 2.16. The zero-order valence-corrected chi connectivity index (χ0v) is 9.99. The first kappa shape index (κ1) is 11.4. The van der Waals surface area contributed by atoms with Crippen LogP contribution < -0.4 is 15.4 Å². The van der Waals surface area contributed by atoms with Crippen LogP contribution in [0.25, 0.3) is 0 Å². The summed E-state index contributed by atoms with van der Waals surface area (Å²) in [6.45, 7) is 4.42. The number of hydrogen-bond donors (Lipinski definition) is 2. The zero-order valence-electron chi connectivity index (χ0n) is 9.99. The third-order valence-corrected chi connectivity index (χ3v) is 3.16. The van der Waals surface area contributed by atoms with Crippen LogP contribution in [-0.4, -0.2) is 26.2 Å². The lowest BCUT2D eigenvalue weighted by atomic mass is 10.1. The molecule has 1 fully saturated rings. The van der Waals surface area contributed by atoms with Crippen molar-refractivity contribution < 1.29 is 4.74 Å². The second kappa shape index (κ2) is 5.32. The Hall–Kier alpha value is -1.06. The predicted octanol–water partition coefficient (Wildman–Crippen LogP) is 1.71. The second-order valence-electron chi connectivity index (χ2n) is 4.35. The molecule has 1 heterocycles. The SMILES string of the molecule is COc1ccc([C@H](C)NC2CCNC2)cc1. The summed E-state index contributed by atoms with van der Waals surface area (Å²) in [4.78, 5) is 0. The van der Waals surface area contributed by atoms with Gasteiger partial charge in [-0.2, -0.15) is 0 Å². The Morgan fingerprint density at radius 2 is 2.12 bits per heavy atom. The van der Waals surface area contributed by atoms with Crippen molar-refractivity contribution in [2.45, 2.75) is 25.4 Å². The first-order chi connectivity index (χ1) is 7.79. The minimum Gasteiger partial charge on any atom is -0.497 e. The minimum absolute atomic E-state index is 0.399. The molecule has 1 aromatic carbocycles. The Morgan fingerprint density at radius 1 is 1.38 bits per heavy atom. The van der Waals surface area contributed by atoms with Crippen molar-refractivity contribution in [2.24, 2.45) is 0 Å². The summed E-state index contributed by atoms with van der Waals surface area (Å²) in [6, 6.07) is 9.28. The van der Waals surface area contributed by atoms with Crippen LogP contribution in [0.1, 0.15) is 24.9 Å². The predicted molar refractivity (Wildman–Crippen MR) is 65.8 cm³/mol. The molecular weight excluding hydrogens is 200 g/mol. The highest BCUT2D eigenvalue weighted by Crippen LogP contribution is 2.18. The molecule has 2 atom stereocenters. The number of rotatable bonds is 4. The summed E-state index contributed by atoms with van der Waals surface area (Å²) in [7, 11) is 1.70. The topological polar surface area (TPSA) is 33.3 Å². The van der Waals surface area contributed by atoms with Crippen LogP contribution in [0, 0.1) is 0 Å². The van der Waals surface area contributed by atoms with Gasteiger partial charge in [-0.05, 0) is 37.6 Å².